The number of ether oxygens (including phenoxy) is 1. The maximum Gasteiger partial charge on any atom is 0.328 e. The molecule has 0 radical (unpaired) electrons. The molecule has 2 rings (SSSR count). The number of carbonyl (C=O) groups is 2. The molecule has 0 aliphatic rings. The molecule has 0 saturated carbocycles. The van der Waals surface area contributed by atoms with Gasteiger partial charge in [0.2, 0.25) is 0 Å². The summed E-state index contributed by atoms with van der Waals surface area (Å²) >= 11 is 9.16. The summed E-state index contributed by atoms with van der Waals surface area (Å²) in [5, 5.41) is 3.24. The minimum atomic E-state index is -0.760. The third-order valence-corrected chi connectivity index (χ3v) is 4.03. The van der Waals surface area contributed by atoms with Crippen LogP contribution in [-0.2, 0) is 16.0 Å². The zero-order chi connectivity index (χ0) is 16.8. The minimum absolute atomic E-state index is 0.347. The number of methoxy groups -OCH3 is 1. The molecule has 2 aromatic carbocycles. The van der Waals surface area contributed by atoms with Gasteiger partial charge in [-0.25, -0.2) is 4.79 Å². The quantitative estimate of drug-likeness (QED) is 0.786. The van der Waals surface area contributed by atoms with Crippen LogP contribution in [0, 0.1) is 0 Å². The molecule has 0 bridgehead atoms. The van der Waals surface area contributed by atoms with E-state index in [0.29, 0.717) is 17.0 Å². The Labute approximate surface area is 147 Å². The summed E-state index contributed by atoms with van der Waals surface area (Å²) in [4.78, 5) is 24.2. The summed E-state index contributed by atoms with van der Waals surface area (Å²) in [6, 6.07) is 13.2. The van der Waals surface area contributed by atoms with Crippen LogP contribution in [-0.4, -0.2) is 25.0 Å². The van der Waals surface area contributed by atoms with Gasteiger partial charge in [-0.05, 0) is 42.0 Å². The van der Waals surface area contributed by atoms with Gasteiger partial charge >= 0.3 is 5.97 Å². The van der Waals surface area contributed by atoms with Crippen molar-refractivity contribution in [3.63, 3.8) is 0 Å². The van der Waals surface area contributed by atoms with E-state index in [4.69, 9.17) is 16.3 Å². The summed E-state index contributed by atoms with van der Waals surface area (Å²) in [5.74, 6) is -0.843. The molecule has 0 aromatic heterocycles. The molecule has 0 heterocycles. The molecule has 2 aromatic rings. The Bertz CT molecular complexity index is 686. The van der Waals surface area contributed by atoms with Gasteiger partial charge in [0.05, 0.1) is 7.11 Å². The molecule has 1 amide bonds. The van der Waals surface area contributed by atoms with E-state index < -0.39 is 12.0 Å². The monoisotopic (exact) mass is 395 g/mol. The number of esters is 1. The molecular formula is C17H15BrClNO3. The van der Waals surface area contributed by atoms with Crippen molar-refractivity contribution in [2.75, 3.05) is 7.11 Å². The first-order chi connectivity index (χ1) is 11.0. The molecule has 4 nitrogen and oxygen atoms in total. The van der Waals surface area contributed by atoms with Gasteiger partial charge in [-0.3, -0.25) is 4.79 Å². The Morgan fingerprint density at radius 3 is 2.30 bits per heavy atom. The Hall–Kier alpha value is -1.85. The van der Waals surface area contributed by atoms with Crippen LogP contribution in [0.4, 0.5) is 0 Å². The van der Waals surface area contributed by atoms with Gasteiger partial charge < -0.3 is 10.1 Å². The van der Waals surface area contributed by atoms with E-state index in [-0.39, 0.29) is 5.91 Å². The molecule has 1 N–H and O–H groups in total. The third kappa shape index (κ3) is 5.08. The van der Waals surface area contributed by atoms with Gasteiger partial charge in [0, 0.05) is 21.5 Å². The molecule has 23 heavy (non-hydrogen) atoms. The fourth-order valence-corrected chi connectivity index (χ4v) is 2.42. The van der Waals surface area contributed by atoms with Gasteiger partial charge in [-0.2, -0.15) is 0 Å². The molecule has 0 spiro atoms. The van der Waals surface area contributed by atoms with Crippen molar-refractivity contribution in [3.8, 4) is 0 Å². The van der Waals surface area contributed by atoms with E-state index in [1.54, 1.807) is 24.3 Å². The van der Waals surface area contributed by atoms with E-state index in [2.05, 4.69) is 21.2 Å². The van der Waals surface area contributed by atoms with Crippen molar-refractivity contribution < 1.29 is 14.3 Å². The van der Waals surface area contributed by atoms with Crippen LogP contribution in [0.2, 0.25) is 5.02 Å². The first-order valence-corrected chi connectivity index (χ1v) is 8.05. The van der Waals surface area contributed by atoms with Crippen LogP contribution in [0.1, 0.15) is 15.9 Å². The van der Waals surface area contributed by atoms with Gasteiger partial charge in [-0.15, -0.1) is 0 Å². The van der Waals surface area contributed by atoms with Crippen LogP contribution in [0.15, 0.2) is 53.0 Å². The van der Waals surface area contributed by atoms with E-state index in [9.17, 15) is 9.59 Å². The standard InChI is InChI=1S/C17H15BrClNO3/c1-23-17(22)15(10-11-2-6-13(18)7-3-11)20-16(21)12-4-8-14(19)9-5-12/h2-9,15H,10H2,1H3,(H,20,21)/t15-/m0/s1. The number of halogens is 2. The molecule has 120 valence electrons. The Morgan fingerprint density at radius 1 is 1.13 bits per heavy atom. The SMILES string of the molecule is COC(=O)[C@H](Cc1ccc(Br)cc1)NC(=O)c1ccc(Cl)cc1. The summed E-state index contributed by atoms with van der Waals surface area (Å²) in [6.45, 7) is 0. The molecule has 0 unspecified atom stereocenters. The van der Waals surface area contributed by atoms with E-state index >= 15 is 0 Å². The summed E-state index contributed by atoms with van der Waals surface area (Å²) in [7, 11) is 1.30. The number of hydrogen-bond acceptors (Lipinski definition) is 3. The van der Waals surface area contributed by atoms with Gasteiger partial charge in [-0.1, -0.05) is 39.7 Å². The highest BCUT2D eigenvalue weighted by Gasteiger charge is 2.22. The zero-order valence-electron chi connectivity index (χ0n) is 12.4. The fraction of sp³-hybridized carbons (Fsp3) is 0.176. The number of nitrogens with one attached hydrogen (secondary N) is 1. The van der Waals surface area contributed by atoms with Gasteiger partial charge in [0.25, 0.3) is 5.91 Å². The van der Waals surface area contributed by atoms with Crippen molar-refractivity contribution >= 4 is 39.4 Å². The second kappa shape index (κ2) is 8.13. The third-order valence-electron chi connectivity index (χ3n) is 3.25. The topological polar surface area (TPSA) is 55.4 Å². The number of rotatable bonds is 5. The van der Waals surface area contributed by atoms with Crippen molar-refractivity contribution in [2.24, 2.45) is 0 Å². The average Bonchev–Trinajstić information content (AvgIpc) is 2.56. The molecular weight excluding hydrogens is 382 g/mol. The molecule has 0 aliphatic heterocycles. The number of carbonyl (C=O) groups excluding carboxylic acids is 2. The van der Waals surface area contributed by atoms with E-state index in [1.165, 1.54) is 7.11 Å². The number of amides is 1. The predicted molar refractivity (Wildman–Crippen MR) is 92.6 cm³/mol. The largest absolute Gasteiger partial charge is 0.467 e. The van der Waals surface area contributed by atoms with Crippen LogP contribution < -0.4 is 5.32 Å². The molecule has 1 atom stereocenters. The summed E-state index contributed by atoms with van der Waals surface area (Å²) < 4.78 is 5.73. The van der Waals surface area contributed by atoms with Crippen LogP contribution in [0.25, 0.3) is 0 Å². The summed E-state index contributed by atoms with van der Waals surface area (Å²) in [6.07, 6.45) is 0.347. The Morgan fingerprint density at radius 2 is 1.74 bits per heavy atom. The molecule has 0 saturated heterocycles. The first kappa shape index (κ1) is 17.5. The van der Waals surface area contributed by atoms with Crippen LogP contribution in [0.5, 0.6) is 0 Å². The Kier molecular flexibility index (Phi) is 6.19. The highest BCUT2D eigenvalue weighted by Crippen LogP contribution is 2.13. The van der Waals surface area contributed by atoms with Gasteiger partial charge in [0.15, 0.2) is 0 Å². The predicted octanol–water partition coefficient (Wildman–Crippen LogP) is 3.62. The fourth-order valence-electron chi connectivity index (χ4n) is 2.03. The van der Waals surface area contributed by atoms with Crippen molar-refractivity contribution in [2.45, 2.75) is 12.5 Å². The van der Waals surface area contributed by atoms with Crippen molar-refractivity contribution in [1.82, 2.24) is 5.32 Å². The maximum atomic E-state index is 12.3. The number of benzene rings is 2. The first-order valence-electron chi connectivity index (χ1n) is 6.88. The smallest absolute Gasteiger partial charge is 0.328 e. The average molecular weight is 397 g/mol. The molecule has 6 heteroatoms. The second-order valence-corrected chi connectivity index (χ2v) is 6.24. The van der Waals surface area contributed by atoms with Crippen molar-refractivity contribution in [3.05, 3.63) is 69.2 Å². The normalized spacial score (nSPS) is 11.6. The molecule has 0 aliphatic carbocycles. The lowest BCUT2D eigenvalue weighted by molar-refractivity contribution is -0.142. The zero-order valence-corrected chi connectivity index (χ0v) is 14.7. The minimum Gasteiger partial charge on any atom is -0.467 e. The lowest BCUT2D eigenvalue weighted by Gasteiger charge is -2.17. The van der Waals surface area contributed by atoms with Crippen molar-refractivity contribution in [1.29, 1.82) is 0 Å². The lowest BCUT2D eigenvalue weighted by Crippen LogP contribution is -2.43. The van der Waals surface area contributed by atoms with E-state index in [0.717, 1.165) is 10.0 Å². The summed E-state index contributed by atoms with van der Waals surface area (Å²) in [5.41, 5.74) is 1.35. The van der Waals surface area contributed by atoms with Gasteiger partial charge in [0.1, 0.15) is 6.04 Å². The number of hydrogen-bond donors (Lipinski definition) is 1. The highest BCUT2D eigenvalue weighted by atomic mass is 79.9. The van der Waals surface area contributed by atoms with Crippen LogP contribution >= 0.6 is 27.5 Å². The molecule has 0 fully saturated rings. The second-order valence-electron chi connectivity index (χ2n) is 4.89. The lowest BCUT2D eigenvalue weighted by atomic mass is 10.1. The maximum absolute atomic E-state index is 12.3. The Balaban J connectivity index is 2.12. The highest BCUT2D eigenvalue weighted by molar-refractivity contribution is 9.10. The van der Waals surface area contributed by atoms with Crippen LogP contribution in [0.3, 0.4) is 0 Å². The van der Waals surface area contributed by atoms with E-state index in [1.807, 2.05) is 24.3 Å².